The first-order valence-electron chi connectivity index (χ1n) is 5.71. The molecule has 5 nitrogen and oxygen atoms in total. The second-order valence-corrected chi connectivity index (χ2v) is 3.76. The van der Waals surface area contributed by atoms with Crippen LogP contribution in [0.1, 0.15) is 23.0 Å². The van der Waals surface area contributed by atoms with Gasteiger partial charge >= 0.3 is 0 Å². The summed E-state index contributed by atoms with van der Waals surface area (Å²) in [6, 6.07) is 3.06. The summed E-state index contributed by atoms with van der Waals surface area (Å²) in [5, 5.41) is 2.57. The van der Waals surface area contributed by atoms with Crippen LogP contribution in [-0.4, -0.2) is 30.6 Å². The molecule has 96 valence electrons. The van der Waals surface area contributed by atoms with E-state index in [-0.39, 0.29) is 18.2 Å². The monoisotopic (exact) mass is 251 g/mol. The predicted octanol–water partition coefficient (Wildman–Crippen LogP) is 0.889. The number of nitrogens with zero attached hydrogens (tertiary/aromatic N) is 1. The smallest absolute Gasteiger partial charge is 0.269 e. The summed E-state index contributed by atoms with van der Waals surface area (Å²) in [6.45, 7) is 3.07. The maximum atomic E-state index is 13.8. The van der Waals surface area contributed by atoms with Crippen LogP contribution in [0.15, 0.2) is 18.2 Å². The zero-order valence-corrected chi connectivity index (χ0v) is 10.00. The van der Waals surface area contributed by atoms with Crippen LogP contribution < -0.4 is 10.8 Å². The SMILES string of the molecule is CCNC(=O)c1ccc(C2=CCNOC2)c(F)n1. The molecule has 0 saturated heterocycles. The van der Waals surface area contributed by atoms with Crippen molar-refractivity contribution in [3.63, 3.8) is 0 Å². The molecule has 0 atom stereocenters. The molecule has 1 aliphatic rings. The molecule has 0 spiro atoms. The van der Waals surface area contributed by atoms with Gasteiger partial charge in [0.1, 0.15) is 5.69 Å². The van der Waals surface area contributed by atoms with E-state index in [0.717, 1.165) is 5.57 Å². The van der Waals surface area contributed by atoms with Gasteiger partial charge in [-0.1, -0.05) is 6.08 Å². The second kappa shape index (κ2) is 5.70. The number of rotatable bonds is 3. The molecule has 2 heterocycles. The van der Waals surface area contributed by atoms with Crippen molar-refractivity contribution in [2.45, 2.75) is 6.92 Å². The zero-order chi connectivity index (χ0) is 13.0. The zero-order valence-electron chi connectivity index (χ0n) is 10.00. The Balaban J connectivity index is 2.24. The lowest BCUT2D eigenvalue weighted by Gasteiger charge is -2.14. The molecular formula is C12H14FN3O2. The van der Waals surface area contributed by atoms with Crippen LogP contribution in [0.2, 0.25) is 0 Å². The third-order valence-corrected chi connectivity index (χ3v) is 2.53. The first-order chi connectivity index (χ1) is 8.72. The number of halogens is 1. The highest BCUT2D eigenvalue weighted by Crippen LogP contribution is 2.19. The lowest BCUT2D eigenvalue weighted by atomic mass is 10.1. The summed E-state index contributed by atoms with van der Waals surface area (Å²) in [4.78, 5) is 20.2. The van der Waals surface area contributed by atoms with Gasteiger partial charge in [-0.05, 0) is 24.6 Å². The molecule has 0 aromatic carbocycles. The number of nitrogens with one attached hydrogen (secondary N) is 2. The Hall–Kier alpha value is -1.79. The predicted molar refractivity (Wildman–Crippen MR) is 64.1 cm³/mol. The quantitative estimate of drug-likeness (QED) is 0.783. The molecular weight excluding hydrogens is 237 g/mol. The number of aromatic nitrogens is 1. The van der Waals surface area contributed by atoms with Gasteiger partial charge in [0, 0.05) is 18.7 Å². The Bertz CT molecular complexity index is 488. The van der Waals surface area contributed by atoms with E-state index in [1.54, 1.807) is 13.0 Å². The summed E-state index contributed by atoms with van der Waals surface area (Å²) < 4.78 is 13.8. The van der Waals surface area contributed by atoms with Crippen molar-refractivity contribution in [1.29, 1.82) is 0 Å². The van der Waals surface area contributed by atoms with E-state index < -0.39 is 5.95 Å². The fraction of sp³-hybridized carbons (Fsp3) is 0.333. The first kappa shape index (κ1) is 12.7. The molecule has 1 aromatic rings. The molecule has 1 amide bonds. The van der Waals surface area contributed by atoms with Crippen LogP contribution in [0.25, 0.3) is 5.57 Å². The van der Waals surface area contributed by atoms with Gasteiger partial charge in [0.25, 0.3) is 5.91 Å². The standard InChI is InChI=1S/C12H14FN3O2/c1-2-14-12(17)10-4-3-9(11(13)16-10)8-5-6-15-18-7-8/h3-5,15H,2,6-7H2,1H3,(H,14,17). The van der Waals surface area contributed by atoms with Gasteiger partial charge in [-0.25, -0.2) is 4.98 Å². The molecule has 0 radical (unpaired) electrons. The number of amides is 1. The van der Waals surface area contributed by atoms with Crippen molar-refractivity contribution >= 4 is 11.5 Å². The van der Waals surface area contributed by atoms with Gasteiger partial charge in [-0.3, -0.25) is 9.63 Å². The van der Waals surface area contributed by atoms with E-state index in [2.05, 4.69) is 15.8 Å². The van der Waals surface area contributed by atoms with Crippen molar-refractivity contribution in [3.05, 3.63) is 35.4 Å². The van der Waals surface area contributed by atoms with Crippen LogP contribution in [0.5, 0.6) is 0 Å². The highest BCUT2D eigenvalue weighted by molar-refractivity contribution is 5.92. The highest BCUT2D eigenvalue weighted by Gasteiger charge is 2.15. The van der Waals surface area contributed by atoms with Crippen LogP contribution in [-0.2, 0) is 4.84 Å². The normalized spacial score (nSPS) is 15.1. The Labute approximate surface area is 104 Å². The van der Waals surface area contributed by atoms with E-state index >= 15 is 0 Å². The molecule has 1 aromatic heterocycles. The number of carbonyl (C=O) groups excluding carboxylic acids is 1. The summed E-state index contributed by atoms with van der Waals surface area (Å²) in [7, 11) is 0. The van der Waals surface area contributed by atoms with Crippen LogP contribution in [0.3, 0.4) is 0 Å². The largest absolute Gasteiger partial charge is 0.351 e. The summed E-state index contributed by atoms with van der Waals surface area (Å²) >= 11 is 0. The third kappa shape index (κ3) is 2.72. The maximum absolute atomic E-state index is 13.8. The van der Waals surface area contributed by atoms with Crippen LogP contribution in [0, 0.1) is 5.95 Å². The summed E-state index contributed by atoms with van der Waals surface area (Å²) in [6.07, 6.45) is 1.83. The lowest BCUT2D eigenvalue weighted by Crippen LogP contribution is -2.24. The number of hydrogen-bond acceptors (Lipinski definition) is 4. The molecule has 0 fully saturated rings. The molecule has 0 unspecified atom stereocenters. The van der Waals surface area contributed by atoms with Gasteiger partial charge in [0.15, 0.2) is 0 Å². The van der Waals surface area contributed by atoms with Crippen molar-refractivity contribution in [3.8, 4) is 0 Å². The van der Waals surface area contributed by atoms with Gasteiger partial charge < -0.3 is 5.32 Å². The Kier molecular flexibility index (Phi) is 4.01. The van der Waals surface area contributed by atoms with Gasteiger partial charge in [0.05, 0.1) is 6.61 Å². The van der Waals surface area contributed by atoms with E-state index in [4.69, 9.17) is 4.84 Å². The lowest BCUT2D eigenvalue weighted by molar-refractivity contribution is 0.0676. The molecule has 0 aliphatic carbocycles. The fourth-order valence-corrected chi connectivity index (χ4v) is 1.65. The molecule has 1 aliphatic heterocycles. The van der Waals surface area contributed by atoms with Gasteiger partial charge in [0.2, 0.25) is 5.95 Å². The Morgan fingerprint density at radius 2 is 2.44 bits per heavy atom. The van der Waals surface area contributed by atoms with Crippen LogP contribution >= 0.6 is 0 Å². The minimum Gasteiger partial charge on any atom is -0.351 e. The topological polar surface area (TPSA) is 63.2 Å². The fourth-order valence-electron chi connectivity index (χ4n) is 1.65. The maximum Gasteiger partial charge on any atom is 0.269 e. The number of carbonyl (C=O) groups is 1. The average Bonchev–Trinajstić information content (AvgIpc) is 2.40. The molecule has 2 N–H and O–H groups in total. The van der Waals surface area contributed by atoms with Crippen molar-refractivity contribution in [1.82, 2.24) is 15.8 Å². The highest BCUT2D eigenvalue weighted by atomic mass is 19.1. The average molecular weight is 251 g/mol. The molecule has 0 saturated carbocycles. The summed E-state index contributed by atoms with van der Waals surface area (Å²) in [5.74, 6) is -1.03. The van der Waals surface area contributed by atoms with Gasteiger partial charge in [-0.15, -0.1) is 0 Å². The van der Waals surface area contributed by atoms with E-state index in [1.165, 1.54) is 6.07 Å². The molecule has 0 bridgehead atoms. The van der Waals surface area contributed by atoms with Crippen LogP contribution in [0.4, 0.5) is 4.39 Å². The van der Waals surface area contributed by atoms with Crippen molar-refractivity contribution in [2.75, 3.05) is 19.7 Å². The Morgan fingerprint density at radius 3 is 3.06 bits per heavy atom. The number of hydroxylamine groups is 1. The molecule has 2 rings (SSSR count). The number of hydrogen-bond donors (Lipinski definition) is 2. The molecule has 18 heavy (non-hydrogen) atoms. The van der Waals surface area contributed by atoms with E-state index in [0.29, 0.717) is 18.7 Å². The second-order valence-electron chi connectivity index (χ2n) is 3.76. The molecule has 6 heteroatoms. The van der Waals surface area contributed by atoms with Gasteiger partial charge in [-0.2, -0.15) is 9.87 Å². The third-order valence-electron chi connectivity index (χ3n) is 2.53. The first-order valence-corrected chi connectivity index (χ1v) is 5.71. The minimum absolute atomic E-state index is 0.0774. The van der Waals surface area contributed by atoms with Crippen molar-refractivity contribution in [2.24, 2.45) is 0 Å². The van der Waals surface area contributed by atoms with E-state index in [1.807, 2.05) is 6.08 Å². The summed E-state index contributed by atoms with van der Waals surface area (Å²) in [5.41, 5.74) is 3.83. The van der Waals surface area contributed by atoms with E-state index in [9.17, 15) is 9.18 Å². The van der Waals surface area contributed by atoms with Crippen molar-refractivity contribution < 1.29 is 14.0 Å². The Morgan fingerprint density at radius 1 is 1.61 bits per heavy atom. The minimum atomic E-state index is -0.657. The number of pyridine rings is 1.